The zero-order valence-electron chi connectivity index (χ0n) is 8.55. The van der Waals surface area contributed by atoms with Crippen molar-refractivity contribution in [3.63, 3.8) is 0 Å². The number of alkyl halides is 4. The van der Waals surface area contributed by atoms with Crippen LogP contribution in [0.25, 0.3) is 0 Å². The van der Waals surface area contributed by atoms with Crippen molar-refractivity contribution in [1.29, 1.82) is 0 Å². The van der Waals surface area contributed by atoms with Crippen LogP contribution in [0.1, 0.15) is 5.56 Å². The van der Waals surface area contributed by atoms with E-state index in [2.05, 4.69) is 15.9 Å². The molecule has 7 heteroatoms. The minimum atomic E-state index is -4.39. The number of thioether (sulfide) groups is 1. The second-order valence-corrected chi connectivity index (χ2v) is 4.89. The van der Waals surface area contributed by atoms with E-state index < -0.39 is 5.51 Å². The van der Waals surface area contributed by atoms with E-state index in [1.165, 1.54) is 18.2 Å². The molecule has 0 unspecified atom stereocenters. The SMILES string of the molecule is Nc1cccc(SC(F)(F)F)c1CC(=O)CBr. The molecular formula is C10H9BrF3NOS. The third kappa shape index (κ3) is 4.59. The molecular weight excluding hydrogens is 319 g/mol. The predicted molar refractivity (Wildman–Crippen MR) is 65.3 cm³/mol. The standard InChI is InChI=1S/C10H9BrF3NOS/c11-5-6(16)4-7-8(15)2-1-3-9(7)17-10(12,13)14/h1-3H,4-5,15H2. The Morgan fingerprint density at radius 1 is 1.41 bits per heavy atom. The monoisotopic (exact) mass is 327 g/mol. The van der Waals surface area contributed by atoms with Crippen LogP contribution < -0.4 is 5.73 Å². The van der Waals surface area contributed by atoms with Crippen molar-refractivity contribution in [3.05, 3.63) is 23.8 Å². The Hall–Kier alpha value is -0.690. The number of hydrogen-bond donors (Lipinski definition) is 1. The lowest BCUT2D eigenvalue weighted by Crippen LogP contribution is -2.09. The van der Waals surface area contributed by atoms with Crippen LogP contribution in [0.15, 0.2) is 23.1 Å². The van der Waals surface area contributed by atoms with Crippen molar-refractivity contribution in [2.24, 2.45) is 0 Å². The number of ketones is 1. The molecule has 0 aliphatic carbocycles. The van der Waals surface area contributed by atoms with E-state index in [0.717, 1.165) is 0 Å². The number of benzene rings is 1. The number of rotatable bonds is 4. The second kappa shape index (κ2) is 5.77. The highest BCUT2D eigenvalue weighted by Crippen LogP contribution is 2.40. The minimum Gasteiger partial charge on any atom is -0.398 e. The van der Waals surface area contributed by atoms with Gasteiger partial charge in [-0.2, -0.15) is 13.2 Å². The summed E-state index contributed by atoms with van der Waals surface area (Å²) in [4.78, 5) is 11.2. The summed E-state index contributed by atoms with van der Waals surface area (Å²) in [5.41, 5.74) is 1.64. The fourth-order valence-electron chi connectivity index (χ4n) is 1.24. The van der Waals surface area contributed by atoms with E-state index >= 15 is 0 Å². The van der Waals surface area contributed by atoms with Crippen molar-refractivity contribution in [2.75, 3.05) is 11.1 Å². The molecule has 2 N–H and O–H groups in total. The highest BCUT2D eigenvalue weighted by Gasteiger charge is 2.30. The Labute approximate surface area is 109 Å². The summed E-state index contributed by atoms with van der Waals surface area (Å²) >= 11 is 2.71. The van der Waals surface area contributed by atoms with Gasteiger partial charge in [-0.05, 0) is 29.5 Å². The molecule has 0 bridgehead atoms. The first-order valence-corrected chi connectivity index (χ1v) is 6.48. The molecule has 0 amide bonds. The first-order chi connectivity index (χ1) is 7.83. The van der Waals surface area contributed by atoms with Crippen molar-refractivity contribution >= 4 is 39.2 Å². The van der Waals surface area contributed by atoms with Crippen LogP contribution >= 0.6 is 27.7 Å². The highest BCUT2D eigenvalue weighted by molar-refractivity contribution is 9.09. The maximum atomic E-state index is 12.3. The molecule has 0 saturated carbocycles. The van der Waals surface area contributed by atoms with Crippen LogP contribution in [-0.2, 0) is 11.2 Å². The van der Waals surface area contributed by atoms with Crippen molar-refractivity contribution in [1.82, 2.24) is 0 Å². The van der Waals surface area contributed by atoms with Gasteiger partial charge >= 0.3 is 5.51 Å². The molecule has 0 aromatic heterocycles. The van der Waals surface area contributed by atoms with Gasteiger partial charge in [-0.3, -0.25) is 4.79 Å². The van der Waals surface area contributed by atoms with E-state index in [4.69, 9.17) is 5.73 Å². The number of halogens is 4. The number of carbonyl (C=O) groups excluding carboxylic acids is 1. The van der Waals surface area contributed by atoms with E-state index in [0.29, 0.717) is 0 Å². The van der Waals surface area contributed by atoms with E-state index in [-0.39, 0.29) is 45.4 Å². The van der Waals surface area contributed by atoms with Crippen LogP contribution in [0.5, 0.6) is 0 Å². The molecule has 1 aromatic carbocycles. The molecule has 0 saturated heterocycles. The number of carbonyl (C=O) groups is 1. The number of nitrogens with two attached hydrogens (primary N) is 1. The van der Waals surface area contributed by atoms with Crippen LogP contribution in [0.2, 0.25) is 0 Å². The molecule has 0 aliphatic heterocycles. The first kappa shape index (κ1) is 14.4. The van der Waals surface area contributed by atoms with E-state index in [1.807, 2.05) is 0 Å². The van der Waals surface area contributed by atoms with Crippen LogP contribution in [-0.4, -0.2) is 16.6 Å². The maximum Gasteiger partial charge on any atom is 0.446 e. The summed E-state index contributed by atoms with van der Waals surface area (Å²) in [6.07, 6.45) is -0.101. The number of hydrogen-bond acceptors (Lipinski definition) is 3. The molecule has 0 fully saturated rings. The molecule has 0 atom stereocenters. The molecule has 1 rings (SSSR count). The van der Waals surface area contributed by atoms with Gasteiger partial charge in [0, 0.05) is 17.0 Å². The summed E-state index contributed by atoms with van der Waals surface area (Å²) in [6, 6.07) is 4.23. The number of anilines is 1. The molecule has 17 heavy (non-hydrogen) atoms. The average molecular weight is 328 g/mol. The molecule has 0 heterocycles. The van der Waals surface area contributed by atoms with Crippen LogP contribution in [0.4, 0.5) is 18.9 Å². The normalized spacial score (nSPS) is 11.5. The third-order valence-corrected chi connectivity index (χ3v) is 3.38. The van der Waals surface area contributed by atoms with Crippen molar-refractivity contribution in [2.45, 2.75) is 16.8 Å². The zero-order valence-corrected chi connectivity index (χ0v) is 11.0. The van der Waals surface area contributed by atoms with Gasteiger partial charge in [0.15, 0.2) is 0 Å². The Kier molecular flexibility index (Phi) is 4.88. The largest absolute Gasteiger partial charge is 0.446 e. The average Bonchev–Trinajstić information content (AvgIpc) is 2.20. The Bertz CT molecular complexity index is 423. The Morgan fingerprint density at radius 3 is 2.59 bits per heavy atom. The summed E-state index contributed by atoms with van der Waals surface area (Å²) in [5, 5.41) is 0.0947. The molecule has 2 nitrogen and oxygen atoms in total. The smallest absolute Gasteiger partial charge is 0.398 e. The van der Waals surface area contributed by atoms with Crippen molar-refractivity contribution < 1.29 is 18.0 Å². The van der Waals surface area contributed by atoms with Crippen molar-refractivity contribution in [3.8, 4) is 0 Å². The summed E-state index contributed by atoms with van der Waals surface area (Å²) < 4.78 is 36.9. The molecule has 0 aliphatic rings. The predicted octanol–water partition coefficient (Wildman–Crippen LogP) is 3.39. The van der Waals surface area contributed by atoms with E-state index in [1.54, 1.807) is 0 Å². The zero-order chi connectivity index (χ0) is 13.1. The summed E-state index contributed by atoms with van der Waals surface area (Å²) in [5.74, 6) is -0.216. The molecule has 0 radical (unpaired) electrons. The minimum absolute atomic E-state index is 0.0215. The van der Waals surface area contributed by atoms with Gasteiger partial charge in [0.25, 0.3) is 0 Å². The van der Waals surface area contributed by atoms with Gasteiger partial charge in [0.1, 0.15) is 5.78 Å². The van der Waals surface area contributed by atoms with Crippen LogP contribution in [0.3, 0.4) is 0 Å². The van der Waals surface area contributed by atoms with Gasteiger partial charge in [0.2, 0.25) is 0 Å². The lowest BCUT2D eigenvalue weighted by molar-refractivity contribution is -0.115. The quantitative estimate of drug-likeness (QED) is 0.523. The highest BCUT2D eigenvalue weighted by atomic mass is 79.9. The van der Waals surface area contributed by atoms with E-state index in [9.17, 15) is 18.0 Å². The van der Waals surface area contributed by atoms with Gasteiger partial charge in [-0.15, -0.1) is 0 Å². The topological polar surface area (TPSA) is 43.1 Å². The molecule has 0 spiro atoms. The number of Topliss-reactive ketones (excluding diaryl/α,β-unsaturated/α-hetero) is 1. The second-order valence-electron chi connectivity index (χ2n) is 3.22. The Balaban J connectivity index is 3.04. The van der Waals surface area contributed by atoms with Gasteiger partial charge < -0.3 is 5.73 Å². The number of nitrogen functional groups attached to an aromatic ring is 1. The first-order valence-electron chi connectivity index (χ1n) is 4.54. The van der Waals surface area contributed by atoms with Gasteiger partial charge in [0.05, 0.1) is 5.33 Å². The summed E-state index contributed by atoms with van der Waals surface area (Å²) in [6.45, 7) is 0. The van der Waals surface area contributed by atoms with Crippen LogP contribution in [0, 0.1) is 0 Å². The van der Waals surface area contributed by atoms with Gasteiger partial charge in [-0.1, -0.05) is 22.0 Å². The lowest BCUT2D eigenvalue weighted by atomic mass is 10.1. The molecule has 1 aromatic rings. The molecule has 94 valence electrons. The Morgan fingerprint density at radius 2 is 2.06 bits per heavy atom. The maximum absolute atomic E-state index is 12.3. The third-order valence-electron chi connectivity index (χ3n) is 1.92. The fourth-order valence-corrected chi connectivity index (χ4v) is 2.14. The summed E-state index contributed by atoms with van der Waals surface area (Å²) in [7, 11) is 0. The fraction of sp³-hybridized carbons (Fsp3) is 0.300. The van der Waals surface area contributed by atoms with Gasteiger partial charge in [-0.25, -0.2) is 0 Å². The lowest BCUT2D eigenvalue weighted by Gasteiger charge is -2.12.